The largest absolute Gasteiger partial charge is 0.507 e. The molecule has 4 aromatic rings. The molecule has 0 aliphatic carbocycles. The minimum atomic E-state index is -0.832. The van der Waals surface area contributed by atoms with Crippen molar-refractivity contribution in [1.29, 1.82) is 0 Å². The second kappa shape index (κ2) is 13.1. The monoisotopic (exact) mass is 563 g/mol. The lowest BCUT2D eigenvalue weighted by Gasteiger charge is -2.26. The number of likely N-dealkylation sites (tertiary alicyclic amines) is 1. The molecule has 1 N–H and O–H groups in total. The Kier molecular flexibility index (Phi) is 8.87. The van der Waals surface area contributed by atoms with Gasteiger partial charge in [0.1, 0.15) is 18.1 Å². The number of amides is 1. The lowest BCUT2D eigenvalue weighted by Crippen LogP contribution is -2.31. The van der Waals surface area contributed by atoms with Crippen molar-refractivity contribution in [1.82, 2.24) is 4.90 Å². The van der Waals surface area contributed by atoms with Crippen molar-refractivity contribution in [3.05, 3.63) is 131 Å². The smallest absolute Gasteiger partial charge is 0.295 e. The Morgan fingerprint density at radius 2 is 1.52 bits per heavy atom. The van der Waals surface area contributed by atoms with E-state index in [1.165, 1.54) is 4.90 Å². The number of aliphatic hydroxyl groups excluding tert-OH is 1. The predicted octanol–water partition coefficient (Wildman–Crippen LogP) is 6.34. The summed E-state index contributed by atoms with van der Waals surface area (Å²) in [6.07, 6.45) is 0.541. The quantitative estimate of drug-likeness (QED) is 0.130. The fourth-order valence-electron chi connectivity index (χ4n) is 5.12. The number of hydrogen-bond acceptors (Lipinski definition) is 6. The number of rotatable bonds is 11. The van der Waals surface area contributed by atoms with Gasteiger partial charge in [-0.2, -0.15) is 0 Å². The van der Waals surface area contributed by atoms with Crippen LogP contribution in [0.1, 0.15) is 35.2 Å². The maximum absolute atomic E-state index is 13.5. The Bertz CT molecular complexity index is 1580. The first-order chi connectivity index (χ1) is 20.5. The fourth-order valence-corrected chi connectivity index (χ4v) is 5.12. The third-order valence-corrected chi connectivity index (χ3v) is 7.18. The molecule has 1 heterocycles. The summed E-state index contributed by atoms with van der Waals surface area (Å²) in [5.41, 5.74) is 3.06. The van der Waals surface area contributed by atoms with Gasteiger partial charge in [-0.25, -0.2) is 0 Å². The molecule has 5 rings (SSSR count). The van der Waals surface area contributed by atoms with Crippen LogP contribution in [0.25, 0.3) is 5.76 Å². The van der Waals surface area contributed by atoms with Crippen LogP contribution in [0.4, 0.5) is 0 Å². The van der Waals surface area contributed by atoms with E-state index in [1.807, 2.05) is 67.6 Å². The predicted molar refractivity (Wildman–Crippen MR) is 161 cm³/mol. The van der Waals surface area contributed by atoms with Gasteiger partial charge in [-0.05, 0) is 54.3 Å². The first-order valence-corrected chi connectivity index (χ1v) is 13.9. The molecule has 0 spiro atoms. The van der Waals surface area contributed by atoms with Gasteiger partial charge in [0.25, 0.3) is 11.7 Å². The van der Waals surface area contributed by atoms with Crippen molar-refractivity contribution < 1.29 is 28.9 Å². The van der Waals surface area contributed by atoms with E-state index in [0.717, 1.165) is 11.1 Å². The van der Waals surface area contributed by atoms with Crippen LogP contribution >= 0.6 is 0 Å². The molecule has 0 radical (unpaired) electrons. The van der Waals surface area contributed by atoms with Crippen molar-refractivity contribution in [2.45, 2.75) is 26.0 Å². The van der Waals surface area contributed by atoms with Crippen molar-refractivity contribution in [2.24, 2.45) is 0 Å². The number of benzene rings is 4. The molecule has 1 unspecified atom stereocenters. The molecule has 4 aromatic carbocycles. The van der Waals surface area contributed by atoms with E-state index >= 15 is 0 Å². The van der Waals surface area contributed by atoms with Gasteiger partial charge in [0.05, 0.1) is 25.3 Å². The van der Waals surface area contributed by atoms with E-state index in [0.29, 0.717) is 48.0 Å². The van der Waals surface area contributed by atoms with E-state index in [1.54, 1.807) is 49.6 Å². The number of methoxy groups -OCH3 is 1. The standard InChI is InChI=1S/C35H33NO6/c1-3-41-28-16-10-15-27(21-28)33(37)31-32(36(35(39)34(31)38)20-19-24-11-6-4-7-12-24)26-17-18-29(30(22-26)40-2)42-23-25-13-8-5-9-14-25/h4-18,21-22,32,37H,3,19-20,23H2,1-2H3/b33-31+. The number of hydrogen-bond donors (Lipinski definition) is 1. The highest BCUT2D eigenvalue weighted by Gasteiger charge is 2.46. The van der Waals surface area contributed by atoms with Gasteiger partial charge in [0.15, 0.2) is 11.5 Å². The van der Waals surface area contributed by atoms with E-state index in [2.05, 4.69) is 0 Å². The summed E-state index contributed by atoms with van der Waals surface area (Å²) in [6, 6.07) is 30.9. The van der Waals surface area contributed by atoms with Crippen molar-refractivity contribution >= 4 is 17.4 Å². The van der Waals surface area contributed by atoms with Gasteiger partial charge >= 0.3 is 0 Å². The molecule has 1 aliphatic heterocycles. The number of nitrogens with zero attached hydrogens (tertiary/aromatic N) is 1. The third-order valence-electron chi connectivity index (χ3n) is 7.18. The second-order valence-corrected chi connectivity index (χ2v) is 9.87. The first kappa shape index (κ1) is 28.5. The Morgan fingerprint density at radius 1 is 0.810 bits per heavy atom. The highest BCUT2D eigenvalue weighted by Crippen LogP contribution is 2.42. The summed E-state index contributed by atoms with van der Waals surface area (Å²) in [6.45, 7) is 2.95. The Hall–Kier alpha value is -5.04. The highest BCUT2D eigenvalue weighted by atomic mass is 16.5. The number of ketones is 1. The topological polar surface area (TPSA) is 85.3 Å². The zero-order valence-electron chi connectivity index (χ0n) is 23.7. The van der Waals surface area contributed by atoms with E-state index < -0.39 is 17.7 Å². The number of Topliss-reactive ketones (excluding diaryl/α,β-unsaturated/α-hetero) is 1. The number of carbonyl (C=O) groups excluding carboxylic acids is 2. The molecular weight excluding hydrogens is 530 g/mol. The molecule has 214 valence electrons. The molecule has 1 amide bonds. The first-order valence-electron chi connectivity index (χ1n) is 13.9. The van der Waals surface area contributed by atoms with Crippen molar-refractivity contribution in [3.8, 4) is 17.2 Å². The molecule has 0 saturated carbocycles. The molecule has 7 nitrogen and oxygen atoms in total. The van der Waals surface area contributed by atoms with Crippen LogP contribution in [-0.2, 0) is 22.6 Å². The lowest BCUT2D eigenvalue weighted by molar-refractivity contribution is -0.139. The maximum Gasteiger partial charge on any atom is 0.295 e. The number of ether oxygens (including phenoxy) is 3. The summed E-state index contributed by atoms with van der Waals surface area (Å²) >= 11 is 0. The summed E-state index contributed by atoms with van der Waals surface area (Å²) in [4.78, 5) is 28.5. The molecule has 7 heteroatoms. The maximum atomic E-state index is 13.5. The highest BCUT2D eigenvalue weighted by molar-refractivity contribution is 6.46. The van der Waals surface area contributed by atoms with Crippen LogP contribution in [0.5, 0.6) is 17.2 Å². The van der Waals surface area contributed by atoms with Crippen LogP contribution < -0.4 is 14.2 Å². The average Bonchev–Trinajstić information content (AvgIpc) is 3.28. The van der Waals surface area contributed by atoms with Gasteiger partial charge in [0, 0.05) is 12.1 Å². The minimum absolute atomic E-state index is 0.0155. The molecule has 1 fully saturated rings. The molecule has 42 heavy (non-hydrogen) atoms. The summed E-state index contributed by atoms with van der Waals surface area (Å²) in [5, 5.41) is 11.5. The second-order valence-electron chi connectivity index (χ2n) is 9.87. The van der Waals surface area contributed by atoms with Gasteiger partial charge < -0.3 is 24.2 Å². The Balaban J connectivity index is 1.54. The SMILES string of the molecule is CCOc1cccc(/C(O)=C2\C(=O)C(=O)N(CCc3ccccc3)C2c2ccc(OCc3ccccc3)c(OC)c2)c1. The zero-order valence-corrected chi connectivity index (χ0v) is 23.7. The molecule has 0 aromatic heterocycles. The normalized spacial score (nSPS) is 16.0. The van der Waals surface area contributed by atoms with Gasteiger partial charge in [-0.1, -0.05) is 78.9 Å². The number of carbonyl (C=O) groups is 2. The van der Waals surface area contributed by atoms with Crippen LogP contribution in [0.15, 0.2) is 109 Å². The van der Waals surface area contributed by atoms with Gasteiger partial charge in [0.2, 0.25) is 0 Å². The lowest BCUT2D eigenvalue weighted by atomic mass is 9.94. The molecule has 0 bridgehead atoms. The van der Waals surface area contributed by atoms with Crippen LogP contribution in [0, 0.1) is 0 Å². The minimum Gasteiger partial charge on any atom is -0.507 e. The fraction of sp³-hybridized carbons (Fsp3) is 0.200. The molecule has 1 atom stereocenters. The van der Waals surface area contributed by atoms with E-state index in [4.69, 9.17) is 14.2 Å². The Morgan fingerprint density at radius 3 is 2.21 bits per heavy atom. The average molecular weight is 564 g/mol. The summed E-state index contributed by atoms with van der Waals surface area (Å²) < 4.78 is 17.3. The summed E-state index contributed by atoms with van der Waals surface area (Å²) in [7, 11) is 1.54. The zero-order chi connectivity index (χ0) is 29.5. The van der Waals surface area contributed by atoms with Crippen molar-refractivity contribution in [3.63, 3.8) is 0 Å². The summed E-state index contributed by atoms with van der Waals surface area (Å²) in [5.74, 6) is -0.132. The van der Waals surface area contributed by atoms with Crippen molar-refractivity contribution in [2.75, 3.05) is 20.3 Å². The molecule has 1 aliphatic rings. The van der Waals surface area contributed by atoms with Crippen LogP contribution in [0.2, 0.25) is 0 Å². The van der Waals surface area contributed by atoms with Gasteiger partial charge in [-0.15, -0.1) is 0 Å². The third kappa shape index (κ3) is 6.15. The van der Waals surface area contributed by atoms with Gasteiger partial charge in [-0.3, -0.25) is 9.59 Å². The van der Waals surface area contributed by atoms with Crippen LogP contribution in [-0.4, -0.2) is 42.0 Å². The van der Waals surface area contributed by atoms with Crippen LogP contribution in [0.3, 0.4) is 0 Å². The van der Waals surface area contributed by atoms with E-state index in [9.17, 15) is 14.7 Å². The number of aliphatic hydroxyl groups is 1. The Labute approximate surface area is 245 Å². The van der Waals surface area contributed by atoms with E-state index in [-0.39, 0.29) is 17.9 Å². The molecule has 1 saturated heterocycles. The molecular formula is C35H33NO6.